The second-order valence-corrected chi connectivity index (χ2v) is 5.31. The first-order valence-corrected chi connectivity index (χ1v) is 6.52. The van der Waals surface area contributed by atoms with Crippen molar-refractivity contribution < 1.29 is 4.74 Å². The van der Waals surface area contributed by atoms with E-state index in [1.54, 1.807) is 0 Å². The van der Waals surface area contributed by atoms with Crippen LogP contribution in [0, 0.1) is 11.3 Å². The van der Waals surface area contributed by atoms with Crippen LogP contribution in [0.5, 0.6) is 5.75 Å². The minimum atomic E-state index is -0.447. The Kier molecular flexibility index (Phi) is 3.88. The molecule has 96 valence electrons. The monoisotopic (exact) mass is 244 g/mol. The Morgan fingerprint density at radius 1 is 1.44 bits per heavy atom. The van der Waals surface area contributed by atoms with E-state index in [9.17, 15) is 0 Å². The summed E-state index contributed by atoms with van der Waals surface area (Å²) in [6.45, 7) is 5.45. The highest BCUT2D eigenvalue weighted by Gasteiger charge is 2.15. The minimum absolute atomic E-state index is 0.447. The molecule has 3 nitrogen and oxygen atoms in total. The van der Waals surface area contributed by atoms with Crippen molar-refractivity contribution in [3.63, 3.8) is 0 Å². The Labute approximate surface area is 109 Å². The topological polar surface area (TPSA) is 45.0 Å². The highest BCUT2D eigenvalue weighted by atomic mass is 16.5. The van der Waals surface area contributed by atoms with Crippen LogP contribution in [-0.2, 0) is 12.8 Å². The third kappa shape index (κ3) is 3.24. The molecule has 1 heterocycles. The van der Waals surface area contributed by atoms with Crippen molar-refractivity contribution in [1.82, 2.24) is 5.32 Å². The molecule has 1 aliphatic rings. The van der Waals surface area contributed by atoms with E-state index in [4.69, 9.17) is 10.00 Å². The molecule has 0 amide bonds. The van der Waals surface area contributed by atoms with Gasteiger partial charge < -0.3 is 4.74 Å². The molecule has 0 unspecified atom stereocenters. The van der Waals surface area contributed by atoms with E-state index < -0.39 is 5.54 Å². The van der Waals surface area contributed by atoms with E-state index in [-0.39, 0.29) is 0 Å². The molecule has 0 aromatic heterocycles. The average Bonchev–Trinajstić information content (AvgIpc) is 2.38. The number of nitrogens with zero attached hydrogens (tertiary/aromatic N) is 1. The van der Waals surface area contributed by atoms with Crippen LogP contribution in [0.25, 0.3) is 0 Å². The first-order valence-electron chi connectivity index (χ1n) is 6.52. The maximum Gasteiger partial charge on any atom is 0.122 e. The van der Waals surface area contributed by atoms with Gasteiger partial charge in [-0.2, -0.15) is 5.26 Å². The molecule has 0 fully saturated rings. The quantitative estimate of drug-likeness (QED) is 0.884. The van der Waals surface area contributed by atoms with Crippen molar-refractivity contribution in [2.45, 2.75) is 38.6 Å². The predicted octanol–water partition coefficient (Wildman–Crippen LogP) is 2.45. The lowest BCUT2D eigenvalue weighted by Gasteiger charge is -2.19. The Bertz CT molecular complexity index is 460. The van der Waals surface area contributed by atoms with E-state index in [0.717, 1.165) is 38.2 Å². The molecule has 1 N–H and O–H groups in total. The summed E-state index contributed by atoms with van der Waals surface area (Å²) in [5.41, 5.74) is 2.18. The van der Waals surface area contributed by atoms with Gasteiger partial charge in [0.1, 0.15) is 11.3 Å². The third-order valence-electron chi connectivity index (χ3n) is 3.23. The van der Waals surface area contributed by atoms with Crippen molar-refractivity contribution >= 4 is 0 Å². The van der Waals surface area contributed by atoms with Gasteiger partial charge in [-0.15, -0.1) is 0 Å². The van der Waals surface area contributed by atoms with Crippen LogP contribution >= 0.6 is 0 Å². The van der Waals surface area contributed by atoms with Gasteiger partial charge in [-0.25, -0.2) is 0 Å². The first-order chi connectivity index (χ1) is 8.61. The minimum Gasteiger partial charge on any atom is -0.493 e. The molecule has 1 aromatic carbocycles. The molecule has 0 spiro atoms. The molecule has 18 heavy (non-hydrogen) atoms. The zero-order valence-electron chi connectivity index (χ0n) is 11.1. The van der Waals surface area contributed by atoms with E-state index in [1.165, 1.54) is 11.1 Å². The number of rotatable bonds is 4. The summed E-state index contributed by atoms with van der Waals surface area (Å²) in [7, 11) is 0. The number of fused-ring (bicyclic) bond motifs is 1. The zero-order chi connectivity index (χ0) is 13.0. The highest BCUT2D eigenvalue weighted by Crippen LogP contribution is 2.25. The van der Waals surface area contributed by atoms with Gasteiger partial charge in [-0.05, 0) is 50.3 Å². The van der Waals surface area contributed by atoms with Crippen LogP contribution in [-0.4, -0.2) is 18.7 Å². The molecule has 0 radical (unpaired) electrons. The normalized spacial score (nSPS) is 14.5. The number of nitrogens with one attached hydrogen (secondary N) is 1. The fourth-order valence-electron chi connectivity index (χ4n) is 2.13. The molecule has 1 aliphatic heterocycles. The van der Waals surface area contributed by atoms with Gasteiger partial charge in [0.2, 0.25) is 0 Å². The lowest BCUT2D eigenvalue weighted by atomic mass is 10.0. The Hall–Kier alpha value is -1.53. The van der Waals surface area contributed by atoms with Crippen molar-refractivity contribution in [2.75, 3.05) is 13.2 Å². The van der Waals surface area contributed by atoms with E-state index in [1.807, 2.05) is 13.8 Å². The molecule has 3 heteroatoms. The van der Waals surface area contributed by atoms with Gasteiger partial charge >= 0.3 is 0 Å². The van der Waals surface area contributed by atoms with Gasteiger partial charge in [0.25, 0.3) is 0 Å². The number of hydrogen-bond donors (Lipinski definition) is 1. The summed E-state index contributed by atoms with van der Waals surface area (Å²) in [6, 6.07) is 8.66. The molecule has 0 saturated heterocycles. The summed E-state index contributed by atoms with van der Waals surface area (Å²) in [6.07, 6.45) is 3.16. The lowest BCUT2D eigenvalue weighted by Crippen LogP contribution is -2.38. The maximum absolute atomic E-state index is 8.92. The van der Waals surface area contributed by atoms with Gasteiger partial charge in [0.05, 0.1) is 12.7 Å². The highest BCUT2D eigenvalue weighted by molar-refractivity contribution is 5.38. The summed E-state index contributed by atoms with van der Waals surface area (Å²) < 4.78 is 5.60. The molecular formula is C15H20N2O. The van der Waals surface area contributed by atoms with Gasteiger partial charge in [-0.3, -0.25) is 5.32 Å². The smallest absolute Gasteiger partial charge is 0.122 e. The van der Waals surface area contributed by atoms with Crippen LogP contribution in [0.2, 0.25) is 0 Å². The second-order valence-electron chi connectivity index (χ2n) is 5.31. The summed E-state index contributed by atoms with van der Waals surface area (Å²) in [5.74, 6) is 1.04. The number of ether oxygens (including phenoxy) is 1. The fraction of sp³-hybridized carbons (Fsp3) is 0.533. The second kappa shape index (κ2) is 5.41. The summed E-state index contributed by atoms with van der Waals surface area (Å²) >= 11 is 0. The number of aryl methyl sites for hydroxylation is 1. The molecule has 0 atom stereocenters. The predicted molar refractivity (Wildman–Crippen MR) is 71.7 cm³/mol. The summed E-state index contributed by atoms with van der Waals surface area (Å²) in [5, 5.41) is 12.2. The van der Waals surface area contributed by atoms with E-state index >= 15 is 0 Å². The molecule has 0 saturated carbocycles. The maximum atomic E-state index is 8.92. The SMILES string of the molecule is CC(C)(C#N)NCCc1ccc2c(c1)CCCO2. The largest absolute Gasteiger partial charge is 0.493 e. The van der Waals surface area contributed by atoms with Crippen LogP contribution in [0.3, 0.4) is 0 Å². The molecule has 2 rings (SSSR count). The molecule has 0 bridgehead atoms. The van der Waals surface area contributed by atoms with Gasteiger partial charge in [0, 0.05) is 6.54 Å². The lowest BCUT2D eigenvalue weighted by molar-refractivity contribution is 0.288. The van der Waals surface area contributed by atoms with Crippen molar-refractivity contribution in [2.24, 2.45) is 0 Å². The van der Waals surface area contributed by atoms with Crippen LogP contribution in [0.1, 0.15) is 31.4 Å². The molecule has 1 aromatic rings. The number of benzene rings is 1. The standard InChI is InChI=1S/C15H20N2O/c1-15(2,11-16)17-8-7-12-5-6-14-13(10-12)4-3-9-18-14/h5-6,10,17H,3-4,7-9H2,1-2H3. The average molecular weight is 244 g/mol. The van der Waals surface area contributed by atoms with Crippen molar-refractivity contribution in [3.05, 3.63) is 29.3 Å². The summed E-state index contributed by atoms with van der Waals surface area (Å²) in [4.78, 5) is 0. The van der Waals surface area contributed by atoms with Gasteiger partial charge in [-0.1, -0.05) is 12.1 Å². The Morgan fingerprint density at radius 2 is 2.28 bits per heavy atom. The van der Waals surface area contributed by atoms with E-state index in [2.05, 4.69) is 29.6 Å². The Morgan fingerprint density at radius 3 is 3.06 bits per heavy atom. The van der Waals surface area contributed by atoms with E-state index in [0.29, 0.717) is 0 Å². The van der Waals surface area contributed by atoms with Gasteiger partial charge in [0.15, 0.2) is 0 Å². The Balaban J connectivity index is 1.93. The van der Waals surface area contributed by atoms with Crippen molar-refractivity contribution in [3.8, 4) is 11.8 Å². The van der Waals surface area contributed by atoms with Crippen molar-refractivity contribution in [1.29, 1.82) is 5.26 Å². The number of hydrogen-bond acceptors (Lipinski definition) is 3. The third-order valence-corrected chi connectivity index (χ3v) is 3.23. The first kappa shape index (κ1) is 12.9. The fourth-order valence-corrected chi connectivity index (χ4v) is 2.13. The van der Waals surface area contributed by atoms with Crippen LogP contribution in [0.15, 0.2) is 18.2 Å². The number of nitriles is 1. The van der Waals surface area contributed by atoms with Crippen LogP contribution in [0.4, 0.5) is 0 Å². The van der Waals surface area contributed by atoms with Crippen LogP contribution < -0.4 is 10.1 Å². The molecular weight excluding hydrogens is 224 g/mol. The molecule has 0 aliphatic carbocycles. The zero-order valence-corrected chi connectivity index (χ0v) is 11.1.